The van der Waals surface area contributed by atoms with Crippen molar-refractivity contribution in [2.24, 2.45) is 5.41 Å². The van der Waals surface area contributed by atoms with Gasteiger partial charge in [-0.15, -0.1) is 0 Å². The first-order valence-corrected chi connectivity index (χ1v) is 7.14. The highest BCUT2D eigenvalue weighted by atomic mass is 16.5. The van der Waals surface area contributed by atoms with E-state index in [2.05, 4.69) is 29.6 Å². The zero-order valence-electron chi connectivity index (χ0n) is 11.7. The zero-order valence-corrected chi connectivity index (χ0v) is 11.7. The Morgan fingerprint density at radius 2 is 2.16 bits per heavy atom. The van der Waals surface area contributed by atoms with Crippen LogP contribution < -0.4 is 5.32 Å². The molecular weight excluding hydrogens is 238 g/mol. The minimum Gasteiger partial charge on any atom is -0.466 e. The highest BCUT2D eigenvalue weighted by molar-refractivity contribution is 5.70. The molecule has 0 aliphatic carbocycles. The normalized spacial score (nSPS) is 23.0. The van der Waals surface area contributed by atoms with E-state index in [1.54, 1.807) is 0 Å². The molecule has 104 valence electrons. The van der Waals surface area contributed by atoms with E-state index < -0.39 is 0 Å². The molecule has 3 heteroatoms. The Morgan fingerprint density at radius 3 is 2.79 bits per heavy atom. The van der Waals surface area contributed by atoms with Gasteiger partial charge in [0.15, 0.2) is 0 Å². The van der Waals surface area contributed by atoms with Crippen LogP contribution in [0.25, 0.3) is 0 Å². The van der Waals surface area contributed by atoms with Crippen LogP contribution in [0.1, 0.15) is 31.7 Å². The third-order valence-electron chi connectivity index (χ3n) is 3.81. The lowest BCUT2D eigenvalue weighted by Gasteiger charge is -2.37. The third kappa shape index (κ3) is 4.06. The number of hydrogen-bond donors (Lipinski definition) is 1. The van der Waals surface area contributed by atoms with Gasteiger partial charge in [-0.05, 0) is 43.7 Å². The Labute approximate surface area is 115 Å². The first-order chi connectivity index (χ1) is 9.24. The number of carbonyl (C=O) groups excluding carboxylic acids is 1. The summed E-state index contributed by atoms with van der Waals surface area (Å²) in [5.74, 6) is -0.0675. The van der Waals surface area contributed by atoms with Crippen molar-refractivity contribution in [1.82, 2.24) is 5.32 Å². The molecule has 2 rings (SSSR count). The second-order valence-corrected chi connectivity index (χ2v) is 5.42. The fourth-order valence-electron chi connectivity index (χ4n) is 2.94. The molecule has 1 aromatic carbocycles. The van der Waals surface area contributed by atoms with Gasteiger partial charge >= 0.3 is 5.97 Å². The Hall–Kier alpha value is -1.35. The standard InChI is InChI=1S/C16H23NO2/c1-2-19-15(18)12-16(9-6-10-17-13-16)11-14-7-4-3-5-8-14/h3-5,7-8,17H,2,6,9-13H2,1H3/t16-/m0/s1. The minimum absolute atomic E-state index is 0.0197. The SMILES string of the molecule is CCOC(=O)C[C@@]1(Cc2ccccc2)CCCNC1. The van der Waals surface area contributed by atoms with Gasteiger partial charge in [0, 0.05) is 6.54 Å². The number of benzene rings is 1. The van der Waals surface area contributed by atoms with Crippen LogP contribution in [0.4, 0.5) is 0 Å². The number of esters is 1. The Balaban J connectivity index is 2.08. The average molecular weight is 261 g/mol. The molecule has 1 aliphatic rings. The number of piperidine rings is 1. The molecule has 1 fully saturated rings. The molecule has 1 heterocycles. The predicted molar refractivity (Wildman–Crippen MR) is 75.9 cm³/mol. The first kappa shape index (κ1) is 14.1. The predicted octanol–water partition coefficient (Wildman–Crippen LogP) is 2.55. The van der Waals surface area contributed by atoms with Gasteiger partial charge in [-0.2, -0.15) is 0 Å². The van der Waals surface area contributed by atoms with E-state index in [-0.39, 0.29) is 11.4 Å². The zero-order chi connectivity index (χ0) is 13.6. The summed E-state index contributed by atoms with van der Waals surface area (Å²) < 4.78 is 5.14. The van der Waals surface area contributed by atoms with E-state index in [1.165, 1.54) is 5.56 Å². The molecule has 0 unspecified atom stereocenters. The average Bonchev–Trinajstić information content (AvgIpc) is 2.40. The maximum Gasteiger partial charge on any atom is 0.306 e. The molecule has 0 bridgehead atoms. The van der Waals surface area contributed by atoms with E-state index in [1.807, 2.05) is 13.0 Å². The fourth-order valence-corrected chi connectivity index (χ4v) is 2.94. The summed E-state index contributed by atoms with van der Waals surface area (Å²) in [5.41, 5.74) is 1.32. The molecule has 0 aromatic heterocycles. The van der Waals surface area contributed by atoms with Gasteiger partial charge in [0.1, 0.15) is 0 Å². The lowest BCUT2D eigenvalue weighted by atomic mass is 9.73. The van der Waals surface area contributed by atoms with E-state index in [0.29, 0.717) is 13.0 Å². The molecule has 3 nitrogen and oxygen atoms in total. The highest BCUT2D eigenvalue weighted by Gasteiger charge is 2.35. The minimum atomic E-state index is -0.0675. The molecule has 19 heavy (non-hydrogen) atoms. The van der Waals surface area contributed by atoms with Gasteiger partial charge < -0.3 is 10.1 Å². The van der Waals surface area contributed by atoms with Crippen LogP contribution in [-0.4, -0.2) is 25.7 Å². The highest BCUT2D eigenvalue weighted by Crippen LogP contribution is 2.34. The van der Waals surface area contributed by atoms with Crippen LogP contribution in [0.3, 0.4) is 0 Å². The number of hydrogen-bond acceptors (Lipinski definition) is 3. The van der Waals surface area contributed by atoms with E-state index >= 15 is 0 Å². The van der Waals surface area contributed by atoms with Gasteiger partial charge in [0.25, 0.3) is 0 Å². The summed E-state index contributed by atoms with van der Waals surface area (Å²) in [5, 5.41) is 3.44. The number of nitrogens with one attached hydrogen (secondary N) is 1. The molecule has 0 radical (unpaired) electrons. The van der Waals surface area contributed by atoms with Crippen molar-refractivity contribution in [3.8, 4) is 0 Å². The monoisotopic (exact) mass is 261 g/mol. The van der Waals surface area contributed by atoms with Crippen molar-refractivity contribution in [3.63, 3.8) is 0 Å². The third-order valence-corrected chi connectivity index (χ3v) is 3.81. The second-order valence-electron chi connectivity index (χ2n) is 5.42. The van der Waals surface area contributed by atoms with Crippen LogP contribution in [0, 0.1) is 5.41 Å². The van der Waals surface area contributed by atoms with Crippen molar-refractivity contribution in [3.05, 3.63) is 35.9 Å². The molecule has 1 atom stereocenters. The van der Waals surface area contributed by atoms with E-state index in [9.17, 15) is 4.79 Å². The fraction of sp³-hybridized carbons (Fsp3) is 0.562. The first-order valence-electron chi connectivity index (χ1n) is 7.14. The summed E-state index contributed by atoms with van der Waals surface area (Å²) in [4.78, 5) is 11.9. The second kappa shape index (κ2) is 6.71. The van der Waals surface area contributed by atoms with Crippen LogP contribution in [0.15, 0.2) is 30.3 Å². The molecule has 1 aliphatic heterocycles. The number of carbonyl (C=O) groups is 1. The molecule has 1 aromatic rings. The molecular formula is C16H23NO2. The smallest absolute Gasteiger partial charge is 0.306 e. The summed E-state index contributed by atoms with van der Waals surface area (Å²) in [6.45, 7) is 4.29. The van der Waals surface area contributed by atoms with Gasteiger partial charge in [0.05, 0.1) is 13.0 Å². The van der Waals surface area contributed by atoms with Gasteiger partial charge in [-0.1, -0.05) is 30.3 Å². The largest absolute Gasteiger partial charge is 0.466 e. The van der Waals surface area contributed by atoms with Crippen molar-refractivity contribution < 1.29 is 9.53 Å². The Kier molecular flexibility index (Phi) is 4.97. The molecule has 1 saturated heterocycles. The van der Waals surface area contributed by atoms with Crippen LogP contribution in [0.5, 0.6) is 0 Å². The van der Waals surface area contributed by atoms with E-state index in [0.717, 1.165) is 32.4 Å². The quantitative estimate of drug-likeness (QED) is 0.828. The topological polar surface area (TPSA) is 38.3 Å². The van der Waals surface area contributed by atoms with Crippen LogP contribution in [0.2, 0.25) is 0 Å². The van der Waals surface area contributed by atoms with Gasteiger partial charge in [-0.25, -0.2) is 0 Å². The number of rotatable bonds is 5. The summed E-state index contributed by atoms with van der Waals surface area (Å²) in [6, 6.07) is 10.4. The van der Waals surface area contributed by atoms with Gasteiger partial charge in [0.2, 0.25) is 0 Å². The van der Waals surface area contributed by atoms with Crippen molar-refractivity contribution in [1.29, 1.82) is 0 Å². The summed E-state index contributed by atoms with van der Waals surface area (Å²) >= 11 is 0. The molecule has 0 amide bonds. The van der Waals surface area contributed by atoms with Crippen LogP contribution >= 0.6 is 0 Å². The van der Waals surface area contributed by atoms with Gasteiger partial charge in [-0.3, -0.25) is 4.79 Å². The van der Waals surface area contributed by atoms with Crippen LogP contribution in [-0.2, 0) is 16.0 Å². The molecule has 0 spiro atoms. The molecule has 0 saturated carbocycles. The maximum atomic E-state index is 11.9. The van der Waals surface area contributed by atoms with Crippen molar-refractivity contribution in [2.45, 2.75) is 32.6 Å². The molecule has 1 N–H and O–H groups in total. The lowest BCUT2D eigenvalue weighted by Crippen LogP contribution is -2.43. The van der Waals surface area contributed by atoms with Crippen molar-refractivity contribution >= 4 is 5.97 Å². The van der Waals surface area contributed by atoms with E-state index in [4.69, 9.17) is 4.74 Å². The summed E-state index contributed by atoms with van der Waals surface area (Å²) in [6.07, 6.45) is 3.68. The summed E-state index contributed by atoms with van der Waals surface area (Å²) in [7, 11) is 0. The van der Waals surface area contributed by atoms with Crippen molar-refractivity contribution in [2.75, 3.05) is 19.7 Å². The Bertz CT molecular complexity index is 396. The Morgan fingerprint density at radius 1 is 1.37 bits per heavy atom. The maximum absolute atomic E-state index is 11.9. The lowest BCUT2D eigenvalue weighted by molar-refractivity contribution is -0.146. The number of ether oxygens (including phenoxy) is 1.